The van der Waals surface area contributed by atoms with Gasteiger partial charge in [-0.1, -0.05) is 27.5 Å². The zero-order valence-electron chi connectivity index (χ0n) is 12.6. The second-order valence-electron chi connectivity index (χ2n) is 5.12. The molecule has 5 heteroatoms. The topological polar surface area (TPSA) is 38.3 Å². The molecule has 0 saturated heterocycles. The number of anilines is 1. The van der Waals surface area contributed by atoms with Gasteiger partial charge in [0.05, 0.1) is 0 Å². The Hall–Kier alpha value is -1.52. The van der Waals surface area contributed by atoms with Crippen molar-refractivity contribution in [3.05, 3.63) is 57.0 Å². The number of carbonyl (C=O) groups is 1. The third-order valence-corrected chi connectivity index (χ3v) is 3.91. The molecule has 2 rings (SSSR count). The number of aryl methyl sites for hydroxylation is 2. The van der Waals surface area contributed by atoms with Crippen molar-refractivity contribution in [2.45, 2.75) is 26.9 Å². The summed E-state index contributed by atoms with van der Waals surface area (Å²) in [6.07, 6.45) is -0.603. The SMILES string of the molecule is Cc1cc(Br)cc(C)c1OC(C)C(=O)Nc1ccc(Cl)cc1. The van der Waals surface area contributed by atoms with Gasteiger partial charge in [-0.2, -0.15) is 0 Å². The fraction of sp³-hybridized carbons (Fsp3) is 0.235. The van der Waals surface area contributed by atoms with Crippen LogP contribution < -0.4 is 10.1 Å². The van der Waals surface area contributed by atoms with Crippen molar-refractivity contribution in [2.24, 2.45) is 0 Å². The summed E-state index contributed by atoms with van der Waals surface area (Å²) in [6.45, 7) is 5.64. The summed E-state index contributed by atoms with van der Waals surface area (Å²) < 4.78 is 6.82. The maximum absolute atomic E-state index is 12.2. The second-order valence-corrected chi connectivity index (χ2v) is 6.48. The molecule has 0 aliphatic rings. The first kappa shape index (κ1) is 16.8. The average Bonchev–Trinajstić information content (AvgIpc) is 2.45. The van der Waals surface area contributed by atoms with Crippen LogP contribution in [0.5, 0.6) is 5.75 Å². The molecule has 0 fully saturated rings. The summed E-state index contributed by atoms with van der Waals surface area (Å²) in [6, 6.07) is 10.9. The maximum Gasteiger partial charge on any atom is 0.265 e. The van der Waals surface area contributed by atoms with Crippen LogP contribution in [0.2, 0.25) is 5.02 Å². The fourth-order valence-corrected chi connectivity index (χ4v) is 2.90. The van der Waals surface area contributed by atoms with Crippen molar-refractivity contribution in [3.8, 4) is 5.75 Å². The summed E-state index contributed by atoms with van der Waals surface area (Å²) in [5.41, 5.74) is 2.66. The molecule has 0 aliphatic carbocycles. The lowest BCUT2D eigenvalue weighted by molar-refractivity contribution is -0.122. The Kier molecular flexibility index (Phi) is 5.48. The largest absolute Gasteiger partial charge is 0.480 e. The third kappa shape index (κ3) is 4.24. The van der Waals surface area contributed by atoms with Gasteiger partial charge < -0.3 is 10.1 Å². The molecule has 1 N–H and O–H groups in total. The number of rotatable bonds is 4. The van der Waals surface area contributed by atoms with E-state index >= 15 is 0 Å². The van der Waals surface area contributed by atoms with E-state index in [9.17, 15) is 4.79 Å². The molecule has 0 bridgehead atoms. The first-order valence-corrected chi connectivity index (χ1v) is 8.03. The molecule has 1 atom stereocenters. The number of ether oxygens (including phenoxy) is 1. The third-order valence-electron chi connectivity index (χ3n) is 3.20. The summed E-state index contributed by atoms with van der Waals surface area (Å²) >= 11 is 9.27. The van der Waals surface area contributed by atoms with E-state index in [-0.39, 0.29) is 5.91 Å². The van der Waals surface area contributed by atoms with Gasteiger partial charge in [-0.05, 0) is 68.3 Å². The molecule has 3 nitrogen and oxygen atoms in total. The number of amides is 1. The zero-order valence-corrected chi connectivity index (χ0v) is 15.0. The molecular weight excluding hydrogens is 366 g/mol. The van der Waals surface area contributed by atoms with E-state index in [0.717, 1.165) is 21.3 Å². The van der Waals surface area contributed by atoms with Crippen molar-refractivity contribution < 1.29 is 9.53 Å². The van der Waals surface area contributed by atoms with Gasteiger partial charge in [0.15, 0.2) is 6.10 Å². The fourth-order valence-electron chi connectivity index (χ4n) is 2.09. The van der Waals surface area contributed by atoms with Gasteiger partial charge in [0.1, 0.15) is 5.75 Å². The predicted octanol–water partition coefficient (Wildman–Crippen LogP) is 5.13. The van der Waals surface area contributed by atoms with Crippen molar-refractivity contribution in [2.75, 3.05) is 5.32 Å². The Morgan fingerprint density at radius 2 is 1.73 bits per heavy atom. The normalized spacial score (nSPS) is 11.9. The van der Waals surface area contributed by atoms with Gasteiger partial charge in [-0.15, -0.1) is 0 Å². The standard InChI is InChI=1S/C17H17BrClNO2/c1-10-8-13(18)9-11(2)16(10)22-12(3)17(21)20-15-6-4-14(19)5-7-15/h4-9,12H,1-3H3,(H,20,21). The molecule has 2 aromatic carbocycles. The van der Waals surface area contributed by atoms with Crippen molar-refractivity contribution >= 4 is 39.1 Å². The molecule has 0 saturated carbocycles. The van der Waals surface area contributed by atoms with Gasteiger partial charge in [-0.3, -0.25) is 4.79 Å². The van der Waals surface area contributed by atoms with Crippen LogP contribution in [0.25, 0.3) is 0 Å². The lowest BCUT2D eigenvalue weighted by Crippen LogP contribution is -2.30. The van der Waals surface area contributed by atoms with E-state index in [1.807, 2.05) is 26.0 Å². The molecule has 0 aromatic heterocycles. The molecule has 116 valence electrons. The van der Waals surface area contributed by atoms with Gasteiger partial charge >= 0.3 is 0 Å². The van der Waals surface area contributed by atoms with Crippen LogP contribution >= 0.6 is 27.5 Å². The van der Waals surface area contributed by atoms with E-state index < -0.39 is 6.10 Å². The predicted molar refractivity (Wildman–Crippen MR) is 93.8 cm³/mol. The average molecular weight is 383 g/mol. The van der Waals surface area contributed by atoms with E-state index in [2.05, 4.69) is 21.2 Å². The molecule has 0 spiro atoms. The van der Waals surface area contributed by atoms with Crippen molar-refractivity contribution in [1.82, 2.24) is 0 Å². The molecule has 0 heterocycles. The number of hydrogen-bond acceptors (Lipinski definition) is 2. The smallest absolute Gasteiger partial charge is 0.265 e. The molecular formula is C17H17BrClNO2. The quantitative estimate of drug-likeness (QED) is 0.796. The van der Waals surface area contributed by atoms with E-state index in [1.54, 1.807) is 31.2 Å². The number of nitrogens with one attached hydrogen (secondary N) is 1. The number of hydrogen-bond donors (Lipinski definition) is 1. The molecule has 2 aromatic rings. The van der Waals surface area contributed by atoms with Crippen LogP contribution in [0.4, 0.5) is 5.69 Å². The summed E-state index contributed by atoms with van der Waals surface area (Å²) in [4.78, 5) is 12.2. The van der Waals surface area contributed by atoms with Gasteiger partial charge in [0.2, 0.25) is 0 Å². The van der Waals surface area contributed by atoms with Crippen LogP contribution in [-0.2, 0) is 4.79 Å². The molecule has 0 radical (unpaired) electrons. The van der Waals surface area contributed by atoms with Gasteiger partial charge in [0, 0.05) is 15.2 Å². The minimum Gasteiger partial charge on any atom is -0.480 e. The number of benzene rings is 2. The van der Waals surface area contributed by atoms with Crippen LogP contribution in [0.1, 0.15) is 18.1 Å². The summed E-state index contributed by atoms with van der Waals surface area (Å²) in [5.74, 6) is 0.533. The van der Waals surface area contributed by atoms with Crippen molar-refractivity contribution in [1.29, 1.82) is 0 Å². The summed E-state index contributed by atoms with van der Waals surface area (Å²) in [7, 11) is 0. The van der Waals surface area contributed by atoms with Crippen LogP contribution in [0, 0.1) is 13.8 Å². The Bertz CT molecular complexity index is 663. The summed E-state index contributed by atoms with van der Waals surface area (Å²) in [5, 5.41) is 3.44. The minimum absolute atomic E-state index is 0.205. The first-order chi connectivity index (χ1) is 10.4. The van der Waals surface area contributed by atoms with E-state index in [1.165, 1.54) is 0 Å². The Balaban J connectivity index is 2.07. The van der Waals surface area contributed by atoms with Gasteiger partial charge in [-0.25, -0.2) is 0 Å². The zero-order chi connectivity index (χ0) is 16.3. The highest BCUT2D eigenvalue weighted by Gasteiger charge is 2.17. The van der Waals surface area contributed by atoms with E-state index in [4.69, 9.17) is 16.3 Å². The number of halogens is 2. The number of carbonyl (C=O) groups excluding carboxylic acids is 1. The molecule has 1 amide bonds. The molecule has 1 unspecified atom stereocenters. The highest BCUT2D eigenvalue weighted by atomic mass is 79.9. The van der Waals surface area contributed by atoms with Crippen LogP contribution in [0.15, 0.2) is 40.9 Å². The molecule has 0 aliphatic heterocycles. The molecule has 22 heavy (non-hydrogen) atoms. The highest BCUT2D eigenvalue weighted by Crippen LogP contribution is 2.28. The monoisotopic (exact) mass is 381 g/mol. The van der Waals surface area contributed by atoms with Crippen LogP contribution in [0.3, 0.4) is 0 Å². The van der Waals surface area contributed by atoms with Crippen LogP contribution in [-0.4, -0.2) is 12.0 Å². The maximum atomic E-state index is 12.2. The Labute approximate surface area is 143 Å². The minimum atomic E-state index is -0.603. The lowest BCUT2D eigenvalue weighted by atomic mass is 10.1. The highest BCUT2D eigenvalue weighted by molar-refractivity contribution is 9.10. The lowest BCUT2D eigenvalue weighted by Gasteiger charge is -2.18. The Morgan fingerprint density at radius 1 is 1.18 bits per heavy atom. The Morgan fingerprint density at radius 3 is 2.27 bits per heavy atom. The second kappa shape index (κ2) is 7.16. The van der Waals surface area contributed by atoms with E-state index in [0.29, 0.717) is 10.7 Å². The van der Waals surface area contributed by atoms with Crippen molar-refractivity contribution in [3.63, 3.8) is 0 Å². The van der Waals surface area contributed by atoms with Gasteiger partial charge in [0.25, 0.3) is 5.91 Å². The first-order valence-electron chi connectivity index (χ1n) is 6.86.